The third-order valence-electron chi connectivity index (χ3n) is 5.85. The minimum absolute atomic E-state index is 0.0548. The first-order valence-electron chi connectivity index (χ1n) is 11.6. The van der Waals surface area contributed by atoms with Crippen molar-refractivity contribution in [1.29, 1.82) is 0 Å². The van der Waals surface area contributed by atoms with Crippen molar-refractivity contribution in [3.05, 3.63) is 65.5 Å². The topological polar surface area (TPSA) is 44.8 Å². The quantitative estimate of drug-likeness (QED) is 0.613. The second kappa shape index (κ2) is 11.9. The normalized spacial score (nSPS) is 15.0. The maximum absolute atomic E-state index is 13.3. The van der Waals surface area contributed by atoms with Crippen LogP contribution in [0, 0.1) is 11.7 Å². The number of piperidine rings is 1. The maximum atomic E-state index is 13.3. The Labute approximate surface area is 191 Å². The molecule has 5 nitrogen and oxygen atoms in total. The molecule has 0 aliphatic carbocycles. The van der Waals surface area contributed by atoms with E-state index in [1.54, 1.807) is 12.1 Å². The van der Waals surface area contributed by atoms with E-state index in [0.29, 0.717) is 25.6 Å². The lowest BCUT2D eigenvalue weighted by Gasteiger charge is -2.37. The minimum atomic E-state index is -0.260. The molecule has 2 amide bonds. The van der Waals surface area contributed by atoms with Gasteiger partial charge in [0.25, 0.3) is 0 Å². The molecule has 0 saturated carbocycles. The highest BCUT2D eigenvalue weighted by molar-refractivity contribution is 5.74. The van der Waals surface area contributed by atoms with Crippen LogP contribution in [-0.2, 0) is 13.0 Å². The van der Waals surface area contributed by atoms with Crippen molar-refractivity contribution >= 4 is 6.03 Å². The van der Waals surface area contributed by atoms with Crippen molar-refractivity contribution in [2.45, 2.75) is 45.7 Å². The summed E-state index contributed by atoms with van der Waals surface area (Å²) in [6.07, 6.45) is 2.65. The summed E-state index contributed by atoms with van der Waals surface area (Å²) in [7, 11) is 2.11. The van der Waals surface area contributed by atoms with E-state index in [1.807, 2.05) is 17.0 Å². The smallest absolute Gasteiger partial charge is 0.317 e. The lowest BCUT2D eigenvalue weighted by Crippen LogP contribution is -2.50. The average molecular weight is 442 g/mol. The Kier molecular flexibility index (Phi) is 8.91. The molecule has 1 N–H and O–H groups in total. The van der Waals surface area contributed by atoms with Gasteiger partial charge in [0.2, 0.25) is 0 Å². The summed E-state index contributed by atoms with van der Waals surface area (Å²) < 4.78 is 19.0. The Bertz CT molecular complexity index is 831. The number of halogens is 1. The van der Waals surface area contributed by atoms with Gasteiger partial charge in [-0.25, -0.2) is 9.18 Å². The van der Waals surface area contributed by atoms with Gasteiger partial charge in [0.15, 0.2) is 0 Å². The standard InChI is InChI=1S/C26H36FN3O2/c1-20(2)19-32-25-10-6-21(7-11-25)12-15-28-26(31)30(24-13-16-29(3)17-14-24)18-22-4-8-23(27)9-5-22/h4-11,20,24H,12-19H2,1-3H3,(H,28,31). The van der Waals surface area contributed by atoms with Gasteiger partial charge < -0.3 is 19.9 Å². The van der Waals surface area contributed by atoms with E-state index in [1.165, 1.54) is 12.1 Å². The zero-order valence-corrected chi connectivity index (χ0v) is 19.5. The molecule has 3 rings (SSSR count). The predicted octanol–water partition coefficient (Wildman–Crippen LogP) is 4.71. The summed E-state index contributed by atoms with van der Waals surface area (Å²) in [5.74, 6) is 1.11. The van der Waals surface area contributed by atoms with Crippen molar-refractivity contribution in [2.24, 2.45) is 5.92 Å². The number of likely N-dealkylation sites (tertiary alicyclic amines) is 1. The first-order chi connectivity index (χ1) is 15.4. The molecular weight excluding hydrogens is 405 g/mol. The fraction of sp³-hybridized carbons (Fsp3) is 0.500. The number of urea groups is 1. The molecule has 0 radical (unpaired) electrons. The largest absolute Gasteiger partial charge is 0.493 e. The van der Waals surface area contributed by atoms with E-state index in [0.717, 1.165) is 49.2 Å². The average Bonchev–Trinajstić information content (AvgIpc) is 2.79. The Morgan fingerprint density at radius 1 is 1.09 bits per heavy atom. The van der Waals surface area contributed by atoms with E-state index in [2.05, 4.69) is 43.2 Å². The molecule has 1 aliphatic heterocycles. The minimum Gasteiger partial charge on any atom is -0.493 e. The number of nitrogens with zero attached hydrogens (tertiary/aromatic N) is 2. The number of carbonyl (C=O) groups excluding carboxylic acids is 1. The van der Waals surface area contributed by atoms with Crippen LogP contribution in [-0.4, -0.2) is 55.2 Å². The zero-order chi connectivity index (χ0) is 22.9. The van der Waals surface area contributed by atoms with Crippen molar-refractivity contribution in [1.82, 2.24) is 15.1 Å². The molecule has 2 aromatic rings. The molecule has 0 aromatic heterocycles. The van der Waals surface area contributed by atoms with E-state index in [-0.39, 0.29) is 17.9 Å². The van der Waals surface area contributed by atoms with Gasteiger partial charge in [-0.05, 0) is 80.7 Å². The number of nitrogens with one attached hydrogen (secondary N) is 1. The van der Waals surface area contributed by atoms with Gasteiger partial charge in [-0.1, -0.05) is 38.1 Å². The molecule has 1 heterocycles. The highest BCUT2D eigenvalue weighted by atomic mass is 19.1. The Morgan fingerprint density at radius 3 is 2.34 bits per heavy atom. The second-order valence-corrected chi connectivity index (χ2v) is 9.12. The zero-order valence-electron chi connectivity index (χ0n) is 19.5. The van der Waals surface area contributed by atoms with Crippen LogP contribution in [0.2, 0.25) is 0 Å². The molecule has 0 bridgehead atoms. The van der Waals surface area contributed by atoms with Crippen LogP contribution in [0.1, 0.15) is 37.8 Å². The van der Waals surface area contributed by atoms with E-state index in [4.69, 9.17) is 4.74 Å². The summed E-state index contributed by atoms with van der Waals surface area (Å²) >= 11 is 0. The van der Waals surface area contributed by atoms with Gasteiger partial charge in [-0.3, -0.25) is 0 Å². The van der Waals surface area contributed by atoms with Crippen molar-refractivity contribution < 1.29 is 13.9 Å². The van der Waals surface area contributed by atoms with Crippen molar-refractivity contribution in [2.75, 3.05) is 33.3 Å². The number of benzene rings is 2. The van der Waals surface area contributed by atoms with Crippen LogP contribution >= 0.6 is 0 Å². The summed E-state index contributed by atoms with van der Waals surface area (Å²) in [4.78, 5) is 17.3. The molecule has 0 unspecified atom stereocenters. The Hall–Kier alpha value is -2.60. The number of carbonyl (C=O) groups is 1. The first kappa shape index (κ1) is 24.1. The fourth-order valence-electron chi connectivity index (χ4n) is 3.89. The molecule has 2 aromatic carbocycles. The Morgan fingerprint density at radius 2 is 1.72 bits per heavy atom. The number of amides is 2. The third-order valence-corrected chi connectivity index (χ3v) is 5.85. The molecule has 0 spiro atoms. The van der Waals surface area contributed by atoms with Crippen LogP contribution in [0.5, 0.6) is 5.75 Å². The van der Waals surface area contributed by atoms with Crippen LogP contribution in [0.25, 0.3) is 0 Å². The number of hydrogen-bond acceptors (Lipinski definition) is 3. The molecule has 6 heteroatoms. The van der Waals surface area contributed by atoms with Crippen LogP contribution in [0.15, 0.2) is 48.5 Å². The van der Waals surface area contributed by atoms with E-state index >= 15 is 0 Å². The van der Waals surface area contributed by atoms with Gasteiger partial charge in [-0.15, -0.1) is 0 Å². The van der Waals surface area contributed by atoms with Gasteiger partial charge in [0.1, 0.15) is 11.6 Å². The lowest BCUT2D eigenvalue weighted by atomic mass is 10.0. The van der Waals surface area contributed by atoms with Crippen molar-refractivity contribution in [3.63, 3.8) is 0 Å². The molecule has 0 atom stereocenters. The molecule has 174 valence electrons. The molecule has 1 saturated heterocycles. The first-order valence-corrected chi connectivity index (χ1v) is 11.6. The molecular formula is C26H36FN3O2. The predicted molar refractivity (Wildman–Crippen MR) is 126 cm³/mol. The number of hydrogen-bond donors (Lipinski definition) is 1. The molecule has 1 aliphatic rings. The third kappa shape index (κ3) is 7.52. The SMILES string of the molecule is CC(C)COc1ccc(CCNC(=O)N(Cc2ccc(F)cc2)C2CCN(C)CC2)cc1. The second-order valence-electron chi connectivity index (χ2n) is 9.12. The van der Waals surface area contributed by atoms with Gasteiger partial charge in [0, 0.05) is 19.1 Å². The highest BCUT2D eigenvalue weighted by Crippen LogP contribution is 2.19. The van der Waals surface area contributed by atoms with Gasteiger partial charge >= 0.3 is 6.03 Å². The summed E-state index contributed by atoms with van der Waals surface area (Å²) in [6, 6.07) is 14.6. The molecule has 1 fully saturated rings. The number of rotatable bonds is 9. The van der Waals surface area contributed by atoms with Crippen molar-refractivity contribution in [3.8, 4) is 5.75 Å². The highest BCUT2D eigenvalue weighted by Gasteiger charge is 2.27. The maximum Gasteiger partial charge on any atom is 0.317 e. The summed E-state index contributed by atoms with van der Waals surface area (Å²) in [5.41, 5.74) is 2.10. The summed E-state index contributed by atoms with van der Waals surface area (Å²) in [5, 5.41) is 3.09. The Balaban J connectivity index is 1.55. The van der Waals surface area contributed by atoms with E-state index in [9.17, 15) is 9.18 Å². The monoisotopic (exact) mass is 441 g/mol. The van der Waals surface area contributed by atoms with Gasteiger partial charge in [-0.2, -0.15) is 0 Å². The number of ether oxygens (including phenoxy) is 1. The fourth-order valence-corrected chi connectivity index (χ4v) is 3.89. The lowest BCUT2D eigenvalue weighted by molar-refractivity contribution is 0.127. The van der Waals surface area contributed by atoms with Gasteiger partial charge in [0.05, 0.1) is 6.61 Å². The van der Waals surface area contributed by atoms with Crippen LogP contribution < -0.4 is 10.1 Å². The van der Waals surface area contributed by atoms with Crippen LogP contribution in [0.3, 0.4) is 0 Å². The van der Waals surface area contributed by atoms with Crippen LogP contribution in [0.4, 0.5) is 9.18 Å². The molecule has 32 heavy (non-hydrogen) atoms. The summed E-state index contributed by atoms with van der Waals surface area (Å²) in [6.45, 7) is 7.96. The van der Waals surface area contributed by atoms with E-state index < -0.39 is 0 Å².